The number of alkyl halides is 1. The second kappa shape index (κ2) is 4.69. The van der Waals surface area contributed by atoms with Crippen LogP contribution in [0.15, 0.2) is 0 Å². The zero-order chi connectivity index (χ0) is 11.8. The first kappa shape index (κ1) is 11.7. The molecule has 0 saturated carbocycles. The number of aryl methyl sites for hydroxylation is 2. The number of aromatic nitrogens is 1. The molecule has 0 radical (unpaired) electrons. The van der Waals surface area contributed by atoms with Gasteiger partial charge in [-0.25, -0.2) is 4.98 Å². The SMILES string of the molecule is O=C1CC(CBr)CN1c1nc2c(s1)CCCC2. The van der Waals surface area contributed by atoms with Gasteiger partial charge in [-0.1, -0.05) is 15.9 Å². The van der Waals surface area contributed by atoms with Crippen molar-refractivity contribution in [3.63, 3.8) is 0 Å². The third-order valence-corrected chi connectivity index (χ3v) is 5.58. The molecule has 92 valence electrons. The summed E-state index contributed by atoms with van der Waals surface area (Å²) in [5.41, 5.74) is 1.24. The number of hydrogen-bond acceptors (Lipinski definition) is 3. The Morgan fingerprint density at radius 1 is 1.41 bits per heavy atom. The van der Waals surface area contributed by atoms with Gasteiger partial charge < -0.3 is 0 Å². The van der Waals surface area contributed by atoms with Crippen LogP contribution in [-0.2, 0) is 17.6 Å². The number of anilines is 1. The Morgan fingerprint density at radius 2 is 2.24 bits per heavy atom. The van der Waals surface area contributed by atoms with E-state index < -0.39 is 0 Å². The highest BCUT2D eigenvalue weighted by Gasteiger charge is 2.32. The molecule has 1 amide bonds. The van der Waals surface area contributed by atoms with Crippen LogP contribution in [0.2, 0.25) is 0 Å². The van der Waals surface area contributed by atoms with E-state index in [2.05, 4.69) is 20.9 Å². The minimum Gasteiger partial charge on any atom is -0.288 e. The lowest BCUT2D eigenvalue weighted by atomic mass is 10.0. The van der Waals surface area contributed by atoms with E-state index in [1.54, 1.807) is 11.3 Å². The molecule has 1 unspecified atom stereocenters. The molecule has 1 saturated heterocycles. The van der Waals surface area contributed by atoms with Crippen LogP contribution in [0.5, 0.6) is 0 Å². The molecule has 3 nitrogen and oxygen atoms in total. The van der Waals surface area contributed by atoms with Gasteiger partial charge in [0.25, 0.3) is 0 Å². The molecular formula is C12H15BrN2OS. The molecule has 1 atom stereocenters. The molecule has 1 aliphatic heterocycles. The van der Waals surface area contributed by atoms with Gasteiger partial charge in [-0.15, -0.1) is 11.3 Å². The molecule has 1 aromatic rings. The quantitative estimate of drug-likeness (QED) is 0.786. The molecule has 3 rings (SSSR count). The maximum atomic E-state index is 11.9. The molecule has 1 fully saturated rings. The molecule has 1 aromatic heterocycles. The fourth-order valence-corrected chi connectivity index (χ4v) is 4.13. The maximum Gasteiger partial charge on any atom is 0.229 e. The van der Waals surface area contributed by atoms with E-state index in [0.29, 0.717) is 12.3 Å². The molecule has 5 heteroatoms. The Bertz CT molecular complexity index is 422. The Morgan fingerprint density at radius 3 is 2.94 bits per heavy atom. The van der Waals surface area contributed by atoms with Crippen molar-refractivity contribution in [3.8, 4) is 0 Å². The molecular weight excluding hydrogens is 300 g/mol. The summed E-state index contributed by atoms with van der Waals surface area (Å²) < 4.78 is 0. The minimum atomic E-state index is 0.237. The van der Waals surface area contributed by atoms with Crippen LogP contribution in [0.4, 0.5) is 5.13 Å². The third kappa shape index (κ3) is 2.15. The molecule has 2 aliphatic rings. The Kier molecular flexibility index (Phi) is 3.21. The Balaban J connectivity index is 1.84. The number of carbonyl (C=O) groups excluding carboxylic acids is 1. The third-order valence-electron chi connectivity index (χ3n) is 3.49. The largest absolute Gasteiger partial charge is 0.288 e. The van der Waals surface area contributed by atoms with E-state index in [-0.39, 0.29) is 5.91 Å². The molecule has 0 N–H and O–H groups in total. The molecule has 0 spiro atoms. The second-order valence-corrected chi connectivity index (χ2v) is 6.51. The van der Waals surface area contributed by atoms with Gasteiger partial charge in [-0.2, -0.15) is 0 Å². The standard InChI is InChI=1S/C12H15BrN2OS/c13-6-8-5-11(16)15(7-8)12-14-9-3-1-2-4-10(9)17-12/h8H,1-7H2. The normalized spacial score (nSPS) is 24.2. The molecule has 0 bridgehead atoms. The number of thiazole rings is 1. The van der Waals surface area contributed by atoms with Crippen LogP contribution in [0, 0.1) is 5.92 Å². The summed E-state index contributed by atoms with van der Waals surface area (Å²) in [7, 11) is 0. The van der Waals surface area contributed by atoms with E-state index in [9.17, 15) is 4.79 Å². The van der Waals surface area contributed by atoms with Crippen molar-refractivity contribution in [1.82, 2.24) is 4.98 Å². The average Bonchev–Trinajstić information content (AvgIpc) is 2.91. The minimum absolute atomic E-state index is 0.237. The van der Waals surface area contributed by atoms with E-state index >= 15 is 0 Å². The van der Waals surface area contributed by atoms with E-state index in [0.717, 1.165) is 29.8 Å². The van der Waals surface area contributed by atoms with Crippen molar-refractivity contribution in [2.24, 2.45) is 5.92 Å². The first-order valence-electron chi connectivity index (χ1n) is 6.13. The predicted octanol–water partition coefficient (Wildman–Crippen LogP) is 2.77. The molecule has 0 aromatic carbocycles. The average molecular weight is 315 g/mol. The first-order chi connectivity index (χ1) is 8.28. The zero-order valence-electron chi connectivity index (χ0n) is 9.62. The lowest BCUT2D eigenvalue weighted by Crippen LogP contribution is -2.24. The number of amides is 1. The summed E-state index contributed by atoms with van der Waals surface area (Å²) in [5, 5.41) is 1.84. The van der Waals surface area contributed by atoms with Crippen molar-refractivity contribution < 1.29 is 4.79 Å². The molecule has 1 aliphatic carbocycles. The highest BCUT2D eigenvalue weighted by Crippen LogP contribution is 2.34. The van der Waals surface area contributed by atoms with Gasteiger partial charge in [0.1, 0.15) is 0 Å². The van der Waals surface area contributed by atoms with Gasteiger partial charge in [-0.05, 0) is 31.6 Å². The second-order valence-electron chi connectivity index (χ2n) is 4.80. The van der Waals surface area contributed by atoms with Crippen molar-refractivity contribution >= 4 is 38.3 Å². The maximum absolute atomic E-state index is 11.9. The topological polar surface area (TPSA) is 33.2 Å². The number of nitrogens with zero attached hydrogens (tertiary/aromatic N) is 2. The van der Waals surface area contributed by atoms with Gasteiger partial charge in [0.2, 0.25) is 5.91 Å². The van der Waals surface area contributed by atoms with Crippen LogP contribution in [0.25, 0.3) is 0 Å². The summed E-state index contributed by atoms with van der Waals surface area (Å²) in [6.07, 6.45) is 5.42. The zero-order valence-corrected chi connectivity index (χ0v) is 12.0. The van der Waals surface area contributed by atoms with Crippen LogP contribution < -0.4 is 4.90 Å². The summed E-state index contributed by atoms with van der Waals surface area (Å²) in [5.74, 6) is 0.684. The van der Waals surface area contributed by atoms with Crippen molar-refractivity contribution in [1.29, 1.82) is 0 Å². The molecule has 2 heterocycles. The summed E-state index contributed by atoms with van der Waals surface area (Å²) in [6.45, 7) is 0.830. The van der Waals surface area contributed by atoms with Crippen LogP contribution in [0.1, 0.15) is 29.8 Å². The smallest absolute Gasteiger partial charge is 0.229 e. The fraction of sp³-hybridized carbons (Fsp3) is 0.667. The monoisotopic (exact) mass is 314 g/mol. The van der Waals surface area contributed by atoms with Gasteiger partial charge >= 0.3 is 0 Å². The van der Waals surface area contributed by atoms with Crippen molar-refractivity contribution in [3.05, 3.63) is 10.6 Å². The summed E-state index contributed by atoms with van der Waals surface area (Å²) in [4.78, 5) is 19.9. The lowest BCUT2D eigenvalue weighted by molar-refractivity contribution is -0.117. The van der Waals surface area contributed by atoms with E-state index in [4.69, 9.17) is 0 Å². The lowest BCUT2D eigenvalue weighted by Gasteiger charge is -2.11. The van der Waals surface area contributed by atoms with Gasteiger partial charge in [0, 0.05) is 23.2 Å². The van der Waals surface area contributed by atoms with E-state index in [1.165, 1.54) is 23.4 Å². The number of hydrogen-bond donors (Lipinski definition) is 0. The van der Waals surface area contributed by atoms with E-state index in [1.807, 2.05) is 4.90 Å². The number of carbonyl (C=O) groups is 1. The number of rotatable bonds is 2. The Labute approximate surface area is 113 Å². The summed E-state index contributed by atoms with van der Waals surface area (Å²) in [6, 6.07) is 0. The van der Waals surface area contributed by atoms with Gasteiger partial charge in [0.15, 0.2) is 5.13 Å². The number of fused-ring (bicyclic) bond motifs is 1. The van der Waals surface area contributed by atoms with Crippen LogP contribution >= 0.6 is 27.3 Å². The van der Waals surface area contributed by atoms with Gasteiger partial charge in [-0.3, -0.25) is 9.69 Å². The summed E-state index contributed by atoms with van der Waals surface area (Å²) >= 11 is 5.19. The van der Waals surface area contributed by atoms with Crippen LogP contribution in [0.3, 0.4) is 0 Å². The predicted molar refractivity (Wildman–Crippen MR) is 73.0 cm³/mol. The van der Waals surface area contributed by atoms with Crippen LogP contribution in [-0.4, -0.2) is 22.8 Å². The highest BCUT2D eigenvalue weighted by molar-refractivity contribution is 9.09. The highest BCUT2D eigenvalue weighted by atomic mass is 79.9. The van der Waals surface area contributed by atoms with Crippen molar-refractivity contribution in [2.45, 2.75) is 32.1 Å². The van der Waals surface area contributed by atoms with Crippen molar-refractivity contribution in [2.75, 3.05) is 16.8 Å². The fourth-order valence-electron chi connectivity index (χ4n) is 2.52. The van der Waals surface area contributed by atoms with Gasteiger partial charge in [0.05, 0.1) is 5.69 Å². The Hall–Kier alpha value is -0.420. The molecule has 17 heavy (non-hydrogen) atoms. The number of halogens is 1. The first-order valence-corrected chi connectivity index (χ1v) is 8.06.